The van der Waals surface area contributed by atoms with Crippen molar-refractivity contribution in [1.82, 2.24) is 0 Å². The van der Waals surface area contributed by atoms with Crippen LogP contribution in [0.15, 0.2) is 34.0 Å². The molecule has 1 aromatic heterocycles. The molecule has 0 radical (unpaired) electrons. The fourth-order valence-corrected chi connectivity index (χ4v) is 2.87. The van der Waals surface area contributed by atoms with Crippen LogP contribution < -0.4 is 15.1 Å². The molecule has 1 aromatic carbocycles. The molecule has 0 bridgehead atoms. The summed E-state index contributed by atoms with van der Waals surface area (Å²) in [6.45, 7) is 4.00. The summed E-state index contributed by atoms with van der Waals surface area (Å²) in [6, 6.07) is 3.63. The molecule has 1 aliphatic rings. The molecule has 0 N–H and O–H groups in total. The minimum atomic E-state index is -0.225. The van der Waals surface area contributed by atoms with E-state index in [-0.39, 0.29) is 5.63 Å². The van der Waals surface area contributed by atoms with Gasteiger partial charge in [0.2, 0.25) is 0 Å². The van der Waals surface area contributed by atoms with Gasteiger partial charge in [-0.25, -0.2) is 4.79 Å². The Balaban J connectivity index is 2.22. The lowest BCUT2D eigenvalue weighted by Crippen LogP contribution is -2.15. The van der Waals surface area contributed by atoms with Crippen LogP contribution in [-0.4, -0.2) is 13.7 Å². The van der Waals surface area contributed by atoms with E-state index in [0.717, 1.165) is 42.2 Å². The monoisotopic (exact) mass is 286 g/mol. The molecule has 4 heteroatoms. The Hall–Kier alpha value is -2.23. The number of ether oxygens (including phenoxy) is 2. The lowest BCUT2D eigenvalue weighted by molar-refractivity contribution is 0.326. The van der Waals surface area contributed by atoms with Crippen molar-refractivity contribution in [2.75, 3.05) is 13.7 Å². The highest BCUT2D eigenvalue weighted by molar-refractivity contribution is 5.85. The van der Waals surface area contributed by atoms with Crippen molar-refractivity contribution >= 4 is 11.0 Å². The Morgan fingerprint density at radius 1 is 1.24 bits per heavy atom. The lowest BCUT2D eigenvalue weighted by Gasteiger charge is -2.17. The van der Waals surface area contributed by atoms with Gasteiger partial charge in [-0.1, -0.05) is 12.7 Å². The predicted molar refractivity (Wildman–Crippen MR) is 81.4 cm³/mol. The molecule has 0 saturated heterocycles. The summed E-state index contributed by atoms with van der Waals surface area (Å²) in [5, 5.41) is 0.951. The van der Waals surface area contributed by atoms with Crippen LogP contribution >= 0.6 is 0 Å². The van der Waals surface area contributed by atoms with Crippen LogP contribution in [0.3, 0.4) is 0 Å². The maximum atomic E-state index is 12.1. The van der Waals surface area contributed by atoms with Crippen LogP contribution in [0.25, 0.3) is 11.0 Å². The van der Waals surface area contributed by atoms with Crippen LogP contribution in [0.2, 0.25) is 0 Å². The largest absolute Gasteiger partial charge is 0.493 e. The molecule has 4 nitrogen and oxygen atoms in total. The SMILES string of the molecule is C=CCOc1cc2oc(=O)c3c(c2cc1OC)CCCC3. The molecule has 0 aliphatic heterocycles. The average Bonchev–Trinajstić information content (AvgIpc) is 2.52. The van der Waals surface area contributed by atoms with E-state index in [1.807, 2.05) is 6.07 Å². The molecule has 1 aliphatic carbocycles. The molecule has 3 rings (SSSR count). The van der Waals surface area contributed by atoms with Gasteiger partial charge in [-0.15, -0.1) is 0 Å². The van der Waals surface area contributed by atoms with Crippen molar-refractivity contribution in [3.05, 3.63) is 46.3 Å². The van der Waals surface area contributed by atoms with Gasteiger partial charge in [-0.3, -0.25) is 0 Å². The molecule has 0 unspecified atom stereocenters. The first-order valence-electron chi connectivity index (χ1n) is 7.15. The van der Waals surface area contributed by atoms with Crippen molar-refractivity contribution in [2.45, 2.75) is 25.7 Å². The van der Waals surface area contributed by atoms with Crippen LogP contribution in [-0.2, 0) is 12.8 Å². The topological polar surface area (TPSA) is 48.7 Å². The minimum absolute atomic E-state index is 0.225. The van der Waals surface area contributed by atoms with Gasteiger partial charge in [0.1, 0.15) is 12.2 Å². The first kappa shape index (κ1) is 13.7. The van der Waals surface area contributed by atoms with Crippen molar-refractivity contribution in [3.8, 4) is 11.5 Å². The summed E-state index contributed by atoms with van der Waals surface area (Å²) in [7, 11) is 1.60. The predicted octanol–water partition coefficient (Wildman–Crippen LogP) is 3.25. The van der Waals surface area contributed by atoms with E-state index in [0.29, 0.717) is 23.7 Å². The smallest absolute Gasteiger partial charge is 0.339 e. The third kappa shape index (κ3) is 2.42. The molecule has 0 atom stereocenters. The Labute approximate surface area is 123 Å². The van der Waals surface area contributed by atoms with E-state index in [1.165, 1.54) is 0 Å². The van der Waals surface area contributed by atoms with Crippen LogP contribution in [0.5, 0.6) is 11.5 Å². The minimum Gasteiger partial charge on any atom is -0.493 e. The van der Waals surface area contributed by atoms with Crippen molar-refractivity contribution in [3.63, 3.8) is 0 Å². The highest BCUT2D eigenvalue weighted by Crippen LogP contribution is 2.35. The lowest BCUT2D eigenvalue weighted by atomic mass is 9.90. The molecule has 0 fully saturated rings. The third-order valence-corrected chi connectivity index (χ3v) is 3.86. The number of hydrogen-bond donors (Lipinski definition) is 0. The zero-order valence-corrected chi connectivity index (χ0v) is 12.1. The van der Waals surface area contributed by atoms with Gasteiger partial charge >= 0.3 is 5.63 Å². The summed E-state index contributed by atoms with van der Waals surface area (Å²) in [6.07, 6.45) is 5.51. The van der Waals surface area contributed by atoms with Gasteiger partial charge in [0, 0.05) is 17.0 Å². The summed E-state index contributed by atoms with van der Waals surface area (Å²) in [5.74, 6) is 1.20. The molecule has 21 heavy (non-hydrogen) atoms. The number of fused-ring (bicyclic) bond motifs is 3. The van der Waals surface area contributed by atoms with E-state index >= 15 is 0 Å². The first-order chi connectivity index (χ1) is 10.2. The van der Waals surface area contributed by atoms with Gasteiger partial charge in [-0.2, -0.15) is 0 Å². The Bertz CT molecular complexity index is 743. The molecule has 110 valence electrons. The van der Waals surface area contributed by atoms with Crippen molar-refractivity contribution < 1.29 is 13.9 Å². The molecule has 2 aromatic rings. The molecular formula is C17H18O4. The number of aryl methyl sites for hydroxylation is 1. The number of benzene rings is 1. The van der Waals surface area contributed by atoms with Crippen molar-refractivity contribution in [1.29, 1.82) is 0 Å². The zero-order chi connectivity index (χ0) is 14.8. The molecular weight excluding hydrogens is 268 g/mol. The summed E-state index contributed by atoms with van der Waals surface area (Å²) < 4.78 is 16.4. The van der Waals surface area contributed by atoms with E-state index in [4.69, 9.17) is 13.9 Å². The molecule has 0 spiro atoms. The molecule has 1 heterocycles. The Kier molecular flexibility index (Phi) is 3.69. The zero-order valence-electron chi connectivity index (χ0n) is 12.1. The van der Waals surface area contributed by atoms with E-state index < -0.39 is 0 Å². The standard InChI is InChI=1S/C17H18O4/c1-3-8-20-16-10-14-13(9-15(16)19-2)11-6-4-5-7-12(11)17(18)21-14/h3,9-10H,1,4-8H2,2H3. The second-order valence-electron chi connectivity index (χ2n) is 5.15. The summed E-state index contributed by atoms with van der Waals surface area (Å²) in [5.41, 5.74) is 2.24. The van der Waals surface area contributed by atoms with E-state index in [2.05, 4.69) is 6.58 Å². The number of rotatable bonds is 4. The highest BCUT2D eigenvalue weighted by Gasteiger charge is 2.20. The quantitative estimate of drug-likeness (QED) is 0.639. The normalized spacial score (nSPS) is 13.8. The third-order valence-electron chi connectivity index (χ3n) is 3.86. The van der Waals surface area contributed by atoms with Gasteiger partial charge in [0.05, 0.1) is 7.11 Å². The number of methoxy groups -OCH3 is 1. The molecule has 0 saturated carbocycles. The van der Waals surface area contributed by atoms with Crippen LogP contribution in [0, 0.1) is 0 Å². The average molecular weight is 286 g/mol. The van der Waals surface area contributed by atoms with Gasteiger partial charge in [0.15, 0.2) is 11.5 Å². The van der Waals surface area contributed by atoms with Gasteiger partial charge in [0.25, 0.3) is 0 Å². The first-order valence-corrected chi connectivity index (χ1v) is 7.15. The maximum Gasteiger partial charge on any atom is 0.339 e. The number of hydrogen-bond acceptors (Lipinski definition) is 4. The Morgan fingerprint density at radius 3 is 2.71 bits per heavy atom. The summed E-state index contributed by atoms with van der Waals surface area (Å²) >= 11 is 0. The second kappa shape index (κ2) is 5.64. The maximum absolute atomic E-state index is 12.1. The van der Waals surface area contributed by atoms with Crippen LogP contribution in [0.1, 0.15) is 24.0 Å². The van der Waals surface area contributed by atoms with Gasteiger partial charge < -0.3 is 13.9 Å². The second-order valence-corrected chi connectivity index (χ2v) is 5.15. The van der Waals surface area contributed by atoms with Crippen LogP contribution in [0.4, 0.5) is 0 Å². The van der Waals surface area contributed by atoms with E-state index in [1.54, 1.807) is 19.3 Å². The Morgan fingerprint density at radius 2 is 2.00 bits per heavy atom. The summed E-state index contributed by atoms with van der Waals surface area (Å²) in [4.78, 5) is 12.1. The fourth-order valence-electron chi connectivity index (χ4n) is 2.87. The molecule has 0 amide bonds. The van der Waals surface area contributed by atoms with Gasteiger partial charge in [-0.05, 0) is 37.3 Å². The fraction of sp³-hybridized carbons (Fsp3) is 0.353. The van der Waals surface area contributed by atoms with Crippen molar-refractivity contribution in [2.24, 2.45) is 0 Å². The highest BCUT2D eigenvalue weighted by atomic mass is 16.5. The van der Waals surface area contributed by atoms with E-state index in [9.17, 15) is 4.79 Å².